The van der Waals surface area contributed by atoms with E-state index in [2.05, 4.69) is 0 Å². The van der Waals surface area contributed by atoms with Crippen molar-refractivity contribution in [1.29, 1.82) is 0 Å². The molecular weight excluding hydrogens is 244 g/mol. The molecule has 4 nitrogen and oxygen atoms in total. The number of phenolic OH excluding ortho intramolecular Hbond substituents is 1. The summed E-state index contributed by atoms with van der Waals surface area (Å²) in [4.78, 5) is 11.8. The highest BCUT2D eigenvalue weighted by molar-refractivity contribution is 6.00. The number of methoxy groups -OCH3 is 2. The molecule has 0 bridgehead atoms. The number of aromatic hydroxyl groups is 1. The molecule has 2 aromatic rings. The average molecular weight is 258 g/mol. The van der Waals surface area contributed by atoms with Crippen molar-refractivity contribution in [2.45, 2.75) is 0 Å². The molecule has 0 radical (unpaired) electrons. The number of benzene rings is 2. The molecule has 98 valence electrons. The van der Waals surface area contributed by atoms with Crippen LogP contribution in [0, 0.1) is 0 Å². The summed E-state index contributed by atoms with van der Waals surface area (Å²) in [5.74, 6) is -0.000233. The van der Waals surface area contributed by atoms with Gasteiger partial charge in [-0.3, -0.25) is 0 Å². The molecule has 4 heteroatoms. The Kier molecular flexibility index (Phi) is 3.71. The Bertz CT molecular complexity index is 605. The number of hydrogen-bond acceptors (Lipinski definition) is 4. The van der Waals surface area contributed by atoms with Crippen LogP contribution in [0.4, 0.5) is 0 Å². The fourth-order valence-electron chi connectivity index (χ4n) is 1.89. The van der Waals surface area contributed by atoms with E-state index in [-0.39, 0.29) is 11.3 Å². The zero-order valence-corrected chi connectivity index (χ0v) is 10.7. The van der Waals surface area contributed by atoms with Crippen molar-refractivity contribution in [3.05, 3.63) is 48.0 Å². The van der Waals surface area contributed by atoms with E-state index in [9.17, 15) is 9.90 Å². The van der Waals surface area contributed by atoms with Crippen molar-refractivity contribution in [2.24, 2.45) is 0 Å². The Morgan fingerprint density at radius 3 is 2.53 bits per heavy atom. The first kappa shape index (κ1) is 13.0. The van der Waals surface area contributed by atoms with Crippen LogP contribution in [-0.2, 0) is 4.74 Å². The second-order valence-corrected chi connectivity index (χ2v) is 3.92. The predicted molar refractivity (Wildman–Crippen MR) is 71.4 cm³/mol. The van der Waals surface area contributed by atoms with Gasteiger partial charge in [0.05, 0.1) is 14.2 Å². The van der Waals surface area contributed by atoms with Crippen molar-refractivity contribution in [1.82, 2.24) is 0 Å². The van der Waals surface area contributed by atoms with Crippen LogP contribution in [0.3, 0.4) is 0 Å². The number of esters is 1. The minimum Gasteiger partial charge on any atom is -0.507 e. The van der Waals surface area contributed by atoms with Crippen LogP contribution in [0.5, 0.6) is 11.5 Å². The smallest absolute Gasteiger partial charge is 0.342 e. The third-order valence-corrected chi connectivity index (χ3v) is 2.81. The first-order valence-corrected chi connectivity index (χ1v) is 5.72. The summed E-state index contributed by atoms with van der Waals surface area (Å²) in [6.07, 6.45) is 0. The van der Waals surface area contributed by atoms with Crippen molar-refractivity contribution < 1.29 is 19.4 Å². The van der Waals surface area contributed by atoms with Gasteiger partial charge in [-0.1, -0.05) is 24.3 Å². The lowest BCUT2D eigenvalue weighted by molar-refractivity contribution is 0.0598. The molecule has 1 N–H and O–H groups in total. The molecular formula is C15H14O4. The van der Waals surface area contributed by atoms with Crippen LogP contribution >= 0.6 is 0 Å². The second kappa shape index (κ2) is 5.44. The van der Waals surface area contributed by atoms with Gasteiger partial charge in [-0.25, -0.2) is 4.79 Å². The van der Waals surface area contributed by atoms with Gasteiger partial charge in [0, 0.05) is 5.56 Å². The topological polar surface area (TPSA) is 55.8 Å². The summed E-state index contributed by atoms with van der Waals surface area (Å²) in [7, 11) is 2.85. The first-order valence-electron chi connectivity index (χ1n) is 5.72. The molecule has 0 aromatic heterocycles. The zero-order valence-electron chi connectivity index (χ0n) is 10.7. The quantitative estimate of drug-likeness (QED) is 0.860. The summed E-state index contributed by atoms with van der Waals surface area (Å²) in [5.41, 5.74) is 1.53. The van der Waals surface area contributed by atoms with Crippen molar-refractivity contribution in [2.75, 3.05) is 14.2 Å². The molecule has 19 heavy (non-hydrogen) atoms. The highest BCUT2D eigenvalue weighted by Gasteiger charge is 2.17. The maximum Gasteiger partial charge on any atom is 0.342 e. The van der Waals surface area contributed by atoms with Crippen LogP contribution in [0.15, 0.2) is 42.5 Å². The van der Waals surface area contributed by atoms with Gasteiger partial charge < -0.3 is 14.6 Å². The average Bonchev–Trinajstić information content (AvgIpc) is 2.46. The number of carbonyl (C=O) groups excluding carboxylic acids is 1. The molecule has 0 fully saturated rings. The van der Waals surface area contributed by atoms with E-state index in [0.717, 1.165) is 5.56 Å². The molecule has 2 aromatic carbocycles. The van der Waals surface area contributed by atoms with E-state index in [0.29, 0.717) is 11.3 Å². The fraction of sp³-hybridized carbons (Fsp3) is 0.133. The lowest BCUT2D eigenvalue weighted by Gasteiger charge is -2.10. The summed E-state index contributed by atoms with van der Waals surface area (Å²) >= 11 is 0. The van der Waals surface area contributed by atoms with E-state index in [1.54, 1.807) is 25.3 Å². The normalized spacial score (nSPS) is 10.0. The molecule has 0 spiro atoms. The number of ether oxygens (including phenoxy) is 2. The van der Waals surface area contributed by atoms with Gasteiger partial charge in [-0.15, -0.1) is 0 Å². The molecule has 2 rings (SSSR count). The minimum atomic E-state index is -0.573. The summed E-state index contributed by atoms with van der Waals surface area (Å²) < 4.78 is 9.86. The Morgan fingerprint density at radius 2 is 1.84 bits per heavy atom. The molecule has 0 aliphatic carbocycles. The van der Waals surface area contributed by atoms with E-state index in [4.69, 9.17) is 9.47 Å². The number of phenols is 1. The van der Waals surface area contributed by atoms with Gasteiger partial charge >= 0.3 is 5.97 Å². The molecule has 0 aliphatic rings. The van der Waals surface area contributed by atoms with Crippen molar-refractivity contribution in [3.63, 3.8) is 0 Å². The standard InChI is InChI=1S/C15H14O4/c1-18-11-6-3-5-10(9-11)12-7-4-8-13(16)14(12)15(17)19-2/h3-9,16H,1-2H3. The van der Waals surface area contributed by atoms with Crippen LogP contribution < -0.4 is 4.74 Å². The van der Waals surface area contributed by atoms with Crippen molar-refractivity contribution in [3.8, 4) is 22.6 Å². The Labute approximate surface area is 111 Å². The molecule has 0 amide bonds. The molecule has 0 atom stereocenters. The second-order valence-electron chi connectivity index (χ2n) is 3.92. The molecule has 0 unspecified atom stereocenters. The largest absolute Gasteiger partial charge is 0.507 e. The predicted octanol–water partition coefficient (Wildman–Crippen LogP) is 2.85. The van der Waals surface area contributed by atoms with Gasteiger partial charge in [0.2, 0.25) is 0 Å². The van der Waals surface area contributed by atoms with E-state index < -0.39 is 5.97 Å². The van der Waals surface area contributed by atoms with Gasteiger partial charge in [0.25, 0.3) is 0 Å². The Balaban J connectivity index is 2.61. The maximum absolute atomic E-state index is 11.8. The number of rotatable bonds is 3. The van der Waals surface area contributed by atoms with E-state index in [1.807, 2.05) is 18.2 Å². The van der Waals surface area contributed by atoms with Crippen LogP contribution in [0.2, 0.25) is 0 Å². The third kappa shape index (κ3) is 2.52. The van der Waals surface area contributed by atoms with Gasteiger partial charge in [-0.05, 0) is 23.8 Å². The van der Waals surface area contributed by atoms with Crippen molar-refractivity contribution >= 4 is 5.97 Å². The maximum atomic E-state index is 11.8. The molecule has 0 saturated heterocycles. The molecule has 0 heterocycles. The van der Waals surface area contributed by atoms with E-state index in [1.165, 1.54) is 13.2 Å². The first-order chi connectivity index (χ1) is 9.17. The SMILES string of the molecule is COC(=O)c1c(O)cccc1-c1cccc(OC)c1. The van der Waals surface area contributed by atoms with E-state index >= 15 is 0 Å². The number of carbonyl (C=O) groups is 1. The van der Waals surface area contributed by atoms with Crippen LogP contribution in [0.25, 0.3) is 11.1 Å². The van der Waals surface area contributed by atoms with Gasteiger partial charge in [0.15, 0.2) is 0 Å². The summed E-state index contributed by atoms with van der Waals surface area (Å²) in [6, 6.07) is 12.1. The lowest BCUT2D eigenvalue weighted by Crippen LogP contribution is -2.04. The minimum absolute atomic E-state index is 0.104. The summed E-state index contributed by atoms with van der Waals surface area (Å²) in [6.45, 7) is 0. The number of hydrogen-bond donors (Lipinski definition) is 1. The van der Waals surface area contributed by atoms with Gasteiger partial charge in [0.1, 0.15) is 17.1 Å². The van der Waals surface area contributed by atoms with Crippen LogP contribution in [0.1, 0.15) is 10.4 Å². The third-order valence-electron chi connectivity index (χ3n) is 2.81. The zero-order chi connectivity index (χ0) is 13.8. The Morgan fingerprint density at radius 1 is 1.11 bits per heavy atom. The molecule has 0 aliphatic heterocycles. The Hall–Kier alpha value is -2.49. The highest BCUT2D eigenvalue weighted by Crippen LogP contribution is 2.32. The van der Waals surface area contributed by atoms with Gasteiger partial charge in [-0.2, -0.15) is 0 Å². The fourth-order valence-corrected chi connectivity index (χ4v) is 1.89. The van der Waals surface area contributed by atoms with Crippen LogP contribution in [-0.4, -0.2) is 25.3 Å². The monoisotopic (exact) mass is 258 g/mol. The lowest BCUT2D eigenvalue weighted by atomic mass is 9.98. The summed E-state index contributed by atoms with van der Waals surface area (Å²) in [5, 5.41) is 9.85. The molecule has 0 saturated carbocycles. The highest BCUT2D eigenvalue weighted by atomic mass is 16.5.